The number of halogens is 1. The number of aryl methyl sites for hydroxylation is 1. The second-order valence-corrected chi connectivity index (χ2v) is 7.46. The normalized spacial score (nSPS) is 15.6. The Morgan fingerprint density at radius 1 is 1.34 bits per heavy atom. The second-order valence-electron chi connectivity index (χ2n) is 6.60. The topological polar surface area (TPSA) is 111 Å². The summed E-state index contributed by atoms with van der Waals surface area (Å²) >= 11 is 3.30. The van der Waals surface area contributed by atoms with E-state index in [2.05, 4.69) is 22.0 Å². The van der Waals surface area contributed by atoms with Gasteiger partial charge in [-0.3, -0.25) is 4.79 Å². The molecule has 7 nitrogen and oxygen atoms in total. The monoisotopic (exact) mass is 453 g/mol. The molecule has 0 aliphatic carbocycles. The molecule has 0 saturated carbocycles. The molecule has 4 rings (SSSR count). The lowest BCUT2D eigenvalue weighted by molar-refractivity contribution is 0.370. The van der Waals surface area contributed by atoms with Gasteiger partial charge in [0, 0.05) is 12.4 Å². The maximum Gasteiger partial charge on any atom is 0.258 e. The summed E-state index contributed by atoms with van der Waals surface area (Å²) in [5.41, 5.74) is 7.45. The van der Waals surface area contributed by atoms with Crippen molar-refractivity contribution in [2.24, 2.45) is 12.8 Å². The van der Waals surface area contributed by atoms with Crippen LogP contribution in [0.2, 0.25) is 0 Å². The highest BCUT2D eigenvalue weighted by atomic mass is 79.9. The number of hydrogen-bond acceptors (Lipinski definition) is 6. The van der Waals surface area contributed by atoms with Crippen LogP contribution in [-0.4, -0.2) is 16.8 Å². The summed E-state index contributed by atoms with van der Waals surface area (Å²) in [5.74, 6) is -0.390. The SMILES string of the molecule is COc1cc([C@@H]2C(C#N)=C(N)Oc3c2c(=O)n(C)c2ccccc32)cc(Br)c1O. The first kappa shape index (κ1) is 18.9. The Bertz CT molecular complexity index is 1300. The van der Waals surface area contributed by atoms with Crippen molar-refractivity contribution in [1.29, 1.82) is 5.26 Å². The number of phenolic OH excluding ortho intramolecular Hbond substituents is 1. The third-order valence-corrected chi connectivity index (χ3v) is 5.67. The zero-order valence-electron chi connectivity index (χ0n) is 15.6. The second kappa shape index (κ2) is 6.87. The molecule has 146 valence electrons. The van der Waals surface area contributed by atoms with Gasteiger partial charge in [-0.25, -0.2) is 0 Å². The lowest BCUT2D eigenvalue weighted by Crippen LogP contribution is -2.31. The first-order chi connectivity index (χ1) is 13.9. The van der Waals surface area contributed by atoms with Crippen LogP contribution in [0.4, 0.5) is 0 Å². The Morgan fingerprint density at radius 3 is 2.76 bits per heavy atom. The summed E-state index contributed by atoms with van der Waals surface area (Å²) in [4.78, 5) is 13.3. The van der Waals surface area contributed by atoms with Gasteiger partial charge < -0.3 is 24.9 Å². The standard InChI is InChI=1S/C21H16BrN3O4/c1-25-14-6-4-3-5-11(14)19-17(21(25)27)16(12(9-23)20(24)29-19)10-7-13(22)18(26)15(8-10)28-2/h3-8,16,26H,24H2,1-2H3/t16-/m1/s1. The number of aromatic nitrogens is 1. The molecule has 1 aliphatic heterocycles. The van der Waals surface area contributed by atoms with Crippen LogP contribution in [0.5, 0.6) is 17.2 Å². The van der Waals surface area contributed by atoms with E-state index in [1.807, 2.05) is 24.3 Å². The van der Waals surface area contributed by atoms with Gasteiger partial charge in [-0.1, -0.05) is 12.1 Å². The number of nitrogens with two attached hydrogens (primary N) is 1. The summed E-state index contributed by atoms with van der Waals surface area (Å²) in [6, 6.07) is 12.6. The molecule has 1 atom stereocenters. The van der Waals surface area contributed by atoms with Gasteiger partial charge in [-0.15, -0.1) is 0 Å². The maximum absolute atomic E-state index is 13.3. The molecule has 0 saturated heterocycles. The average molecular weight is 454 g/mol. The molecule has 0 bridgehead atoms. The number of fused-ring (bicyclic) bond motifs is 3. The van der Waals surface area contributed by atoms with Gasteiger partial charge in [0.2, 0.25) is 5.88 Å². The number of ether oxygens (including phenoxy) is 2. The van der Waals surface area contributed by atoms with Crippen LogP contribution in [-0.2, 0) is 7.05 Å². The highest BCUT2D eigenvalue weighted by Gasteiger charge is 2.36. The van der Waals surface area contributed by atoms with Crippen molar-refractivity contribution in [1.82, 2.24) is 4.57 Å². The van der Waals surface area contributed by atoms with E-state index in [0.717, 1.165) is 0 Å². The Morgan fingerprint density at radius 2 is 2.07 bits per heavy atom. The van der Waals surface area contributed by atoms with Crippen LogP contribution in [0, 0.1) is 11.3 Å². The van der Waals surface area contributed by atoms with Crippen molar-refractivity contribution in [3.8, 4) is 23.3 Å². The molecule has 29 heavy (non-hydrogen) atoms. The van der Waals surface area contributed by atoms with Gasteiger partial charge in [-0.05, 0) is 45.8 Å². The van der Waals surface area contributed by atoms with E-state index in [9.17, 15) is 15.2 Å². The molecular formula is C21H16BrN3O4. The molecule has 0 unspecified atom stereocenters. The fourth-order valence-electron chi connectivity index (χ4n) is 3.68. The van der Waals surface area contributed by atoms with E-state index < -0.39 is 5.92 Å². The largest absolute Gasteiger partial charge is 0.503 e. The predicted molar refractivity (Wildman–Crippen MR) is 111 cm³/mol. The van der Waals surface area contributed by atoms with Gasteiger partial charge in [0.05, 0.1) is 28.6 Å². The summed E-state index contributed by atoms with van der Waals surface area (Å²) < 4.78 is 12.9. The maximum atomic E-state index is 13.3. The van der Waals surface area contributed by atoms with E-state index in [1.165, 1.54) is 11.7 Å². The zero-order valence-corrected chi connectivity index (χ0v) is 17.1. The Labute approximate surface area is 174 Å². The van der Waals surface area contributed by atoms with Crippen molar-refractivity contribution in [3.63, 3.8) is 0 Å². The van der Waals surface area contributed by atoms with Crippen molar-refractivity contribution >= 4 is 26.8 Å². The fraction of sp³-hybridized carbons (Fsp3) is 0.143. The quantitative estimate of drug-likeness (QED) is 0.615. The minimum Gasteiger partial charge on any atom is -0.503 e. The van der Waals surface area contributed by atoms with E-state index >= 15 is 0 Å². The Kier molecular flexibility index (Phi) is 4.47. The number of pyridine rings is 1. The first-order valence-corrected chi connectivity index (χ1v) is 9.44. The molecule has 2 aromatic carbocycles. The lowest BCUT2D eigenvalue weighted by atomic mass is 9.83. The molecule has 1 aromatic heterocycles. The van der Waals surface area contributed by atoms with E-state index in [0.29, 0.717) is 32.3 Å². The average Bonchev–Trinajstić information content (AvgIpc) is 2.73. The Hall–Kier alpha value is -3.44. The zero-order chi connectivity index (χ0) is 20.9. The number of hydrogen-bond donors (Lipinski definition) is 2. The highest BCUT2D eigenvalue weighted by molar-refractivity contribution is 9.10. The van der Waals surface area contributed by atoms with Crippen molar-refractivity contribution in [2.45, 2.75) is 5.92 Å². The molecule has 0 fully saturated rings. The number of aromatic hydroxyl groups is 1. The number of methoxy groups -OCH3 is 1. The van der Waals surface area contributed by atoms with E-state index in [4.69, 9.17) is 15.2 Å². The molecular weight excluding hydrogens is 438 g/mol. The van der Waals surface area contributed by atoms with E-state index in [1.54, 1.807) is 19.2 Å². The molecule has 3 aromatic rings. The summed E-state index contributed by atoms with van der Waals surface area (Å²) in [5, 5.41) is 20.6. The number of allylic oxidation sites excluding steroid dienone is 1. The highest BCUT2D eigenvalue weighted by Crippen LogP contribution is 2.46. The van der Waals surface area contributed by atoms with Gasteiger partial charge >= 0.3 is 0 Å². The molecule has 0 spiro atoms. The van der Waals surface area contributed by atoms with Crippen molar-refractivity contribution < 1.29 is 14.6 Å². The van der Waals surface area contributed by atoms with Crippen LogP contribution in [0.3, 0.4) is 0 Å². The third-order valence-electron chi connectivity index (χ3n) is 5.07. The fourth-order valence-corrected chi connectivity index (χ4v) is 4.14. The van der Waals surface area contributed by atoms with Gasteiger partial charge in [0.1, 0.15) is 17.4 Å². The lowest BCUT2D eigenvalue weighted by Gasteiger charge is -2.28. The van der Waals surface area contributed by atoms with Crippen molar-refractivity contribution in [2.75, 3.05) is 7.11 Å². The van der Waals surface area contributed by atoms with Gasteiger partial charge in [0.15, 0.2) is 11.5 Å². The third kappa shape index (κ3) is 2.74. The number of phenols is 1. The smallest absolute Gasteiger partial charge is 0.258 e. The predicted octanol–water partition coefficient (Wildman–Crippen LogP) is 3.23. The number of para-hydroxylation sites is 1. The summed E-state index contributed by atoms with van der Waals surface area (Å²) in [7, 11) is 3.09. The molecule has 2 heterocycles. The van der Waals surface area contributed by atoms with Gasteiger partial charge in [-0.2, -0.15) is 5.26 Å². The van der Waals surface area contributed by atoms with Crippen LogP contribution < -0.4 is 20.8 Å². The minimum atomic E-state index is -0.780. The van der Waals surface area contributed by atoms with Crippen LogP contribution in [0.15, 0.2) is 57.1 Å². The molecule has 1 aliphatic rings. The molecule has 8 heteroatoms. The molecule has 3 N–H and O–H groups in total. The van der Waals surface area contributed by atoms with Gasteiger partial charge in [0.25, 0.3) is 5.56 Å². The van der Waals surface area contributed by atoms with Crippen molar-refractivity contribution in [3.05, 3.63) is 73.8 Å². The Balaban J connectivity index is 2.13. The number of nitriles is 1. The number of benzene rings is 2. The number of nitrogens with zero attached hydrogens (tertiary/aromatic N) is 2. The molecule has 0 radical (unpaired) electrons. The van der Waals surface area contributed by atoms with Crippen LogP contribution >= 0.6 is 15.9 Å². The van der Waals surface area contributed by atoms with Crippen LogP contribution in [0.25, 0.3) is 10.9 Å². The number of rotatable bonds is 2. The first-order valence-electron chi connectivity index (χ1n) is 8.64. The summed E-state index contributed by atoms with van der Waals surface area (Å²) in [6.07, 6.45) is 0. The van der Waals surface area contributed by atoms with E-state index in [-0.39, 0.29) is 28.5 Å². The molecule has 0 amide bonds. The summed E-state index contributed by atoms with van der Waals surface area (Å²) in [6.45, 7) is 0. The minimum absolute atomic E-state index is 0.0634. The van der Waals surface area contributed by atoms with Crippen LogP contribution in [0.1, 0.15) is 17.0 Å².